The standard InChI is InChI=1S/C29H27NO6/c1-4-16-36-29(34)20-10-13-22(14-11-20)30-25(19-8-6-5-7-9-19)24(27(32)28(30)33)26(31)21-12-15-23(35-3)18(2)17-21/h5-15,17,25,31H,4,16H2,1-3H3/b26-24-. The molecule has 1 heterocycles. The number of ketones is 1. The molecule has 3 aromatic rings. The number of hydrogen-bond acceptors (Lipinski definition) is 6. The number of amides is 1. The second kappa shape index (κ2) is 10.5. The van der Waals surface area contributed by atoms with Crippen molar-refractivity contribution in [1.82, 2.24) is 0 Å². The summed E-state index contributed by atoms with van der Waals surface area (Å²) in [6.45, 7) is 4.05. The van der Waals surface area contributed by atoms with Gasteiger partial charge in [-0.25, -0.2) is 4.79 Å². The number of Topliss-reactive ketones (excluding diaryl/α,β-unsaturated/α-hetero) is 1. The Hall–Kier alpha value is -4.39. The van der Waals surface area contributed by atoms with Crippen molar-refractivity contribution in [2.75, 3.05) is 18.6 Å². The number of methoxy groups -OCH3 is 1. The van der Waals surface area contributed by atoms with Crippen molar-refractivity contribution in [3.05, 3.63) is 101 Å². The molecule has 1 N–H and O–H groups in total. The molecule has 0 radical (unpaired) electrons. The van der Waals surface area contributed by atoms with Crippen LogP contribution in [-0.2, 0) is 14.3 Å². The van der Waals surface area contributed by atoms with E-state index in [0.717, 1.165) is 5.56 Å². The highest BCUT2D eigenvalue weighted by atomic mass is 16.5. The Balaban J connectivity index is 1.81. The van der Waals surface area contributed by atoms with E-state index in [2.05, 4.69) is 0 Å². The summed E-state index contributed by atoms with van der Waals surface area (Å²) in [4.78, 5) is 40.1. The summed E-state index contributed by atoms with van der Waals surface area (Å²) in [6, 6.07) is 19.6. The van der Waals surface area contributed by atoms with Gasteiger partial charge in [-0.15, -0.1) is 0 Å². The maximum absolute atomic E-state index is 13.3. The van der Waals surface area contributed by atoms with E-state index in [0.29, 0.717) is 41.2 Å². The number of hydrogen-bond donors (Lipinski definition) is 1. The highest BCUT2D eigenvalue weighted by Crippen LogP contribution is 2.42. The summed E-state index contributed by atoms with van der Waals surface area (Å²) in [5, 5.41) is 11.3. The molecule has 1 unspecified atom stereocenters. The Morgan fingerprint density at radius 3 is 2.25 bits per heavy atom. The summed E-state index contributed by atoms with van der Waals surface area (Å²) < 4.78 is 10.5. The van der Waals surface area contributed by atoms with Gasteiger partial charge in [0.1, 0.15) is 11.5 Å². The number of aliphatic hydroxyl groups is 1. The van der Waals surface area contributed by atoms with E-state index in [1.165, 1.54) is 4.90 Å². The predicted octanol–water partition coefficient (Wildman–Crippen LogP) is 5.20. The molecule has 7 heteroatoms. The van der Waals surface area contributed by atoms with Gasteiger partial charge in [0.15, 0.2) is 0 Å². The average Bonchev–Trinajstić information content (AvgIpc) is 3.17. The van der Waals surface area contributed by atoms with Crippen molar-refractivity contribution >= 4 is 29.1 Å². The van der Waals surface area contributed by atoms with Crippen molar-refractivity contribution < 1.29 is 29.0 Å². The Labute approximate surface area is 209 Å². The highest BCUT2D eigenvalue weighted by Gasteiger charge is 2.47. The lowest BCUT2D eigenvalue weighted by Gasteiger charge is -2.25. The fraction of sp³-hybridized carbons (Fsp3) is 0.207. The predicted molar refractivity (Wildman–Crippen MR) is 136 cm³/mol. The van der Waals surface area contributed by atoms with Gasteiger partial charge in [-0.3, -0.25) is 14.5 Å². The van der Waals surface area contributed by atoms with Gasteiger partial charge in [-0.05, 0) is 66.9 Å². The SMILES string of the molecule is CCCOC(=O)c1ccc(N2C(=O)C(=O)/C(=C(\O)c3ccc(OC)c(C)c3)C2c2ccccc2)cc1. The number of aryl methyl sites for hydroxylation is 1. The number of carbonyl (C=O) groups is 3. The van der Waals surface area contributed by atoms with Crippen molar-refractivity contribution in [3.63, 3.8) is 0 Å². The van der Waals surface area contributed by atoms with E-state index in [-0.39, 0.29) is 11.3 Å². The molecule has 1 aliphatic heterocycles. The quantitative estimate of drug-likeness (QED) is 0.214. The van der Waals surface area contributed by atoms with Gasteiger partial charge in [0.25, 0.3) is 11.7 Å². The first-order valence-electron chi connectivity index (χ1n) is 11.7. The molecular weight excluding hydrogens is 458 g/mol. The molecular formula is C29H27NO6. The van der Waals surface area contributed by atoms with Crippen LogP contribution >= 0.6 is 0 Å². The van der Waals surface area contributed by atoms with Gasteiger partial charge in [0.05, 0.1) is 30.9 Å². The van der Waals surface area contributed by atoms with Gasteiger partial charge in [0.2, 0.25) is 0 Å². The molecule has 1 saturated heterocycles. The number of ether oxygens (including phenoxy) is 2. The Kier molecular flexibility index (Phi) is 7.20. The number of nitrogens with zero attached hydrogens (tertiary/aromatic N) is 1. The fourth-order valence-corrected chi connectivity index (χ4v) is 4.27. The van der Waals surface area contributed by atoms with Crippen LogP contribution in [0, 0.1) is 6.92 Å². The molecule has 1 fully saturated rings. The third kappa shape index (κ3) is 4.60. The number of esters is 1. The topological polar surface area (TPSA) is 93.1 Å². The van der Waals surface area contributed by atoms with Gasteiger partial charge >= 0.3 is 5.97 Å². The Morgan fingerprint density at radius 2 is 1.64 bits per heavy atom. The number of benzene rings is 3. The zero-order valence-corrected chi connectivity index (χ0v) is 20.4. The van der Waals surface area contributed by atoms with Crippen molar-refractivity contribution in [2.45, 2.75) is 26.3 Å². The zero-order valence-electron chi connectivity index (χ0n) is 20.4. The molecule has 1 aliphatic rings. The Bertz CT molecular complexity index is 1330. The molecule has 3 aromatic carbocycles. The second-order valence-electron chi connectivity index (χ2n) is 8.45. The van der Waals surface area contributed by atoms with E-state index in [9.17, 15) is 19.5 Å². The van der Waals surface area contributed by atoms with E-state index in [1.54, 1.807) is 73.8 Å². The van der Waals surface area contributed by atoms with Crippen LogP contribution in [-0.4, -0.2) is 36.5 Å². The van der Waals surface area contributed by atoms with E-state index >= 15 is 0 Å². The van der Waals surface area contributed by atoms with Crippen LogP contribution in [0.2, 0.25) is 0 Å². The van der Waals surface area contributed by atoms with Gasteiger partial charge in [-0.1, -0.05) is 37.3 Å². The molecule has 0 aromatic heterocycles. The van der Waals surface area contributed by atoms with E-state index in [4.69, 9.17) is 9.47 Å². The molecule has 1 atom stereocenters. The van der Waals surface area contributed by atoms with Crippen LogP contribution in [0.3, 0.4) is 0 Å². The number of aliphatic hydroxyl groups excluding tert-OH is 1. The smallest absolute Gasteiger partial charge is 0.338 e. The molecule has 0 aliphatic carbocycles. The Morgan fingerprint density at radius 1 is 0.972 bits per heavy atom. The third-order valence-corrected chi connectivity index (χ3v) is 6.05. The summed E-state index contributed by atoms with van der Waals surface area (Å²) in [6.07, 6.45) is 0.708. The van der Waals surface area contributed by atoms with E-state index < -0.39 is 23.7 Å². The lowest BCUT2D eigenvalue weighted by atomic mass is 9.94. The first kappa shape index (κ1) is 24.7. The normalized spacial score (nSPS) is 16.8. The minimum Gasteiger partial charge on any atom is -0.507 e. The highest BCUT2D eigenvalue weighted by molar-refractivity contribution is 6.51. The van der Waals surface area contributed by atoms with Crippen LogP contribution in [0.15, 0.2) is 78.4 Å². The maximum Gasteiger partial charge on any atom is 0.338 e. The monoisotopic (exact) mass is 485 g/mol. The molecule has 1 amide bonds. The van der Waals surface area contributed by atoms with Crippen LogP contribution < -0.4 is 9.64 Å². The lowest BCUT2D eigenvalue weighted by molar-refractivity contribution is -0.132. The van der Waals surface area contributed by atoms with Gasteiger partial charge in [-0.2, -0.15) is 0 Å². The summed E-state index contributed by atoms with van der Waals surface area (Å²) in [5.74, 6) is -1.64. The first-order valence-corrected chi connectivity index (χ1v) is 11.7. The van der Waals surface area contributed by atoms with Crippen LogP contribution in [0.4, 0.5) is 5.69 Å². The summed E-state index contributed by atoms with van der Waals surface area (Å²) in [5.41, 5.74) is 2.59. The van der Waals surface area contributed by atoms with Crippen LogP contribution in [0.5, 0.6) is 5.75 Å². The minimum absolute atomic E-state index is 0.0119. The van der Waals surface area contributed by atoms with Crippen molar-refractivity contribution in [1.29, 1.82) is 0 Å². The number of carbonyl (C=O) groups excluding carboxylic acids is 3. The second-order valence-corrected chi connectivity index (χ2v) is 8.45. The largest absolute Gasteiger partial charge is 0.507 e. The van der Waals surface area contributed by atoms with Gasteiger partial charge in [0, 0.05) is 11.3 Å². The average molecular weight is 486 g/mol. The summed E-state index contributed by atoms with van der Waals surface area (Å²) in [7, 11) is 1.55. The van der Waals surface area contributed by atoms with Crippen molar-refractivity contribution in [3.8, 4) is 5.75 Å². The van der Waals surface area contributed by atoms with Crippen LogP contribution in [0.1, 0.15) is 46.4 Å². The van der Waals surface area contributed by atoms with E-state index in [1.807, 2.05) is 19.9 Å². The van der Waals surface area contributed by atoms with Crippen LogP contribution in [0.25, 0.3) is 5.76 Å². The number of rotatable bonds is 7. The first-order chi connectivity index (χ1) is 17.4. The molecule has 7 nitrogen and oxygen atoms in total. The minimum atomic E-state index is -0.855. The third-order valence-electron chi connectivity index (χ3n) is 6.05. The van der Waals surface area contributed by atoms with Crippen molar-refractivity contribution in [2.24, 2.45) is 0 Å². The molecule has 0 spiro atoms. The molecule has 0 saturated carbocycles. The zero-order chi connectivity index (χ0) is 25.8. The lowest BCUT2D eigenvalue weighted by Crippen LogP contribution is -2.29. The molecule has 4 rings (SSSR count). The molecule has 184 valence electrons. The maximum atomic E-state index is 13.3. The summed E-state index contributed by atoms with van der Waals surface area (Å²) >= 11 is 0. The molecule has 36 heavy (non-hydrogen) atoms. The fourth-order valence-electron chi connectivity index (χ4n) is 4.27. The number of anilines is 1. The van der Waals surface area contributed by atoms with Gasteiger partial charge < -0.3 is 14.6 Å². The molecule has 0 bridgehead atoms.